The van der Waals surface area contributed by atoms with E-state index in [0.29, 0.717) is 18.7 Å². The van der Waals surface area contributed by atoms with Crippen molar-refractivity contribution >= 4 is 28.2 Å². The summed E-state index contributed by atoms with van der Waals surface area (Å²) in [6.07, 6.45) is 0.689. The van der Waals surface area contributed by atoms with Crippen LogP contribution in [0.4, 0.5) is 0 Å². The summed E-state index contributed by atoms with van der Waals surface area (Å²) >= 11 is 1.62. The number of fused-ring (bicyclic) bond motifs is 1. The Balaban J connectivity index is 1.39. The van der Waals surface area contributed by atoms with Crippen LogP contribution in [-0.2, 0) is 6.42 Å². The van der Waals surface area contributed by atoms with Crippen LogP contribution < -0.4 is 5.32 Å². The van der Waals surface area contributed by atoms with Gasteiger partial charge >= 0.3 is 0 Å². The summed E-state index contributed by atoms with van der Waals surface area (Å²) in [5.41, 5.74) is 3.71. The molecule has 2 aromatic heterocycles. The van der Waals surface area contributed by atoms with Gasteiger partial charge in [-0.1, -0.05) is 48.5 Å². The standard InChI is InChI=1S/C21H18N2O2S/c1-14-17-9-5-6-10-18(17)25-19(14)20(24)22-12-11-16-13-26-21(23-16)15-7-3-2-4-8-15/h2-10,13H,11-12H2,1H3,(H,22,24). The van der Waals surface area contributed by atoms with Crippen LogP contribution in [0.25, 0.3) is 21.5 Å². The quantitative estimate of drug-likeness (QED) is 0.553. The number of hydrogen-bond donors (Lipinski definition) is 1. The molecule has 2 aromatic carbocycles. The fraction of sp³-hybridized carbons (Fsp3) is 0.143. The fourth-order valence-corrected chi connectivity index (χ4v) is 3.77. The molecule has 1 N–H and O–H groups in total. The molecule has 26 heavy (non-hydrogen) atoms. The highest BCUT2D eigenvalue weighted by Gasteiger charge is 2.17. The van der Waals surface area contributed by atoms with E-state index in [2.05, 4.69) is 22.4 Å². The van der Waals surface area contributed by atoms with Crippen molar-refractivity contribution in [3.63, 3.8) is 0 Å². The van der Waals surface area contributed by atoms with Crippen molar-refractivity contribution in [1.82, 2.24) is 10.3 Å². The normalized spacial score (nSPS) is 11.0. The molecule has 4 rings (SSSR count). The summed E-state index contributed by atoms with van der Waals surface area (Å²) in [6, 6.07) is 17.8. The molecule has 0 radical (unpaired) electrons. The van der Waals surface area contributed by atoms with Gasteiger partial charge in [0.25, 0.3) is 5.91 Å². The average Bonchev–Trinajstić information content (AvgIpc) is 3.28. The highest BCUT2D eigenvalue weighted by atomic mass is 32.1. The Bertz CT molecular complexity index is 1050. The lowest BCUT2D eigenvalue weighted by molar-refractivity contribution is 0.0927. The van der Waals surface area contributed by atoms with Crippen molar-refractivity contribution in [3.8, 4) is 10.6 Å². The minimum atomic E-state index is -0.183. The molecule has 0 saturated carbocycles. The number of nitrogens with one attached hydrogen (secondary N) is 1. The second-order valence-corrected chi connectivity index (χ2v) is 6.93. The highest BCUT2D eigenvalue weighted by molar-refractivity contribution is 7.13. The predicted octanol–water partition coefficient (Wildman–Crippen LogP) is 4.84. The molecule has 0 aliphatic carbocycles. The Labute approximate surface area is 155 Å². The van der Waals surface area contributed by atoms with E-state index in [4.69, 9.17) is 4.42 Å². The molecule has 0 unspecified atom stereocenters. The maximum atomic E-state index is 12.4. The number of aryl methyl sites for hydroxylation is 1. The van der Waals surface area contributed by atoms with Gasteiger partial charge in [-0.25, -0.2) is 4.98 Å². The van der Waals surface area contributed by atoms with Crippen molar-refractivity contribution in [2.75, 3.05) is 6.54 Å². The molecule has 0 bridgehead atoms. The van der Waals surface area contributed by atoms with E-state index in [1.807, 2.05) is 54.8 Å². The van der Waals surface area contributed by atoms with E-state index < -0.39 is 0 Å². The van der Waals surface area contributed by atoms with Gasteiger partial charge in [0.1, 0.15) is 10.6 Å². The van der Waals surface area contributed by atoms with Crippen molar-refractivity contribution in [2.45, 2.75) is 13.3 Å². The Morgan fingerprint density at radius 2 is 1.88 bits per heavy atom. The number of benzene rings is 2. The first-order valence-corrected chi connectivity index (χ1v) is 9.36. The number of thiazole rings is 1. The Morgan fingerprint density at radius 1 is 1.12 bits per heavy atom. The maximum Gasteiger partial charge on any atom is 0.287 e. The molecular formula is C21H18N2O2S. The van der Waals surface area contributed by atoms with E-state index in [1.165, 1.54) is 0 Å². The molecule has 1 amide bonds. The molecule has 0 aliphatic rings. The van der Waals surface area contributed by atoms with Crippen molar-refractivity contribution in [3.05, 3.63) is 77.0 Å². The van der Waals surface area contributed by atoms with Gasteiger partial charge in [0.2, 0.25) is 0 Å². The average molecular weight is 362 g/mol. The molecule has 0 saturated heterocycles. The molecular weight excluding hydrogens is 344 g/mol. The molecule has 130 valence electrons. The first-order valence-electron chi connectivity index (χ1n) is 8.48. The summed E-state index contributed by atoms with van der Waals surface area (Å²) in [5.74, 6) is 0.201. The van der Waals surface area contributed by atoms with Gasteiger partial charge in [0, 0.05) is 34.9 Å². The summed E-state index contributed by atoms with van der Waals surface area (Å²) in [6.45, 7) is 2.43. The smallest absolute Gasteiger partial charge is 0.287 e. The Hall–Kier alpha value is -2.92. The lowest BCUT2D eigenvalue weighted by Gasteiger charge is -2.02. The molecule has 0 spiro atoms. The lowest BCUT2D eigenvalue weighted by atomic mass is 10.1. The SMILES string of the molecule is Cc1c(C(=O)NCCc2csc(-c3ccccc3)n2)oc2ccccc12. The van der Waals surface area contributed by atoms with Gasteiger partial charge in [0.05, 0.1) is 5.69 Å². The van der Waals surface area contributed by atoms with Crippen molar-refractivity contribution < 1.29 is 9.21 Å². The van der Waals surface area contributed by atoms with Gasteiger partial charge in [-0.15, -0.1) is 11.3 Å². The summed E-state index contributed by atoms with van der Waals surface area (Å²) in [7, 11) is 0. The minimum Gasteiger partial charge on any atom is -0.451 e. The second kappa shape index (κ2) is 7.14. The van der Waals surface area contributed by atoms with E-state index in [-0.39, 0.29) is 5.91 Å². The van der Waals surface area contributed by atoms with E-state index >= 15 is 0 Å². The number of aromatic nitrogens is 1. The van der Waals surface area contributed by atoms with Crippen LogP contribution in [0.1, 0.15) is 21.8 Å². The van der Waals surface area contributed by atoms with Crippen LogP contribution in [0.3, 0.4) is 0 Å². The number of carbonyl (C=O) groups is 1. The van der Waals surface area contributed by atoms with Crippen molar-refractivity contribution in [1.29, 1.82) is 0 Å². The molecule has 2 heterocycles. The number of carbonyl (C=O) groups excluding carboxylic acids is 1. The summed E-state index contributed by atoms with van der Waals surface area (Å²) in [4.78, 5) is 17.1. The van der Waals surface area contributed by atoms with E-state index in [9.17, 15) is 4.79 Å². The summed E-state index contributed by atoms with van der Waals surface area (Å²) < 4.78 is 5.70. The van der Waals surface area contributed by atoms with Crippen LogP contribution in [0, 0.1) is 6.92 Å². The topological polar surface area (TPSA) is 55.1 Å². The minimum absolute atomic E-state index is 0.183. The van der Waals surface area contributed by atoms with Crippen LogP contribution in [0.15, 0.2) is 64.4 Å². The van der Waals surface area contributed by atoms with Crippen molar-refractivity contribution in [2.24, 2.45) is 0 Å². The molecule has 5 heteroatoms. The zero-order valence-electron chi connectivity index (χ0n) is 14.4. The molecule has 0 fully saturated rings. The lowest BCUT2D eigenvalue weighted by Crippen LogP contribution is -2.25. The molecule has 0 aliphatic heterocycles. The predicted molar refractivity (Wildman–Crippen MR) is 105 cm³/mol. The fourth-order valence-electron chi connectivity index (χ4n) is 2.91. The first kappa shape index (κ1) is 16.5. The monoisotopic (exact) mass is 362 g/mol. The maximum absolute atomic E-state index is 12.4. The number of rotatable bonds is 5. The first-order chi connectivity index (χ1) is 12.7. The largest absolute Gasteiger partial charge is 0.451 e. The number of furan rings is 1. The third-order valence-electron chi connectivity index (χ3n) is 4.29. The Kier molecular flexibility index (Phi) is 4.54. The number of amides is 1. The molecule has 4 nitrogen and oxygen atoms in total. The van der Waals surface area contributed by atoms with Crippen LogP contribution >= 0.6 is 11.3 Å². The second-order valence-electron chi connectivity index (χ2n) is 6.07. The van der Waals surface area contributed by atoms with Gasteiger partial charge in [-0.05, 0) is 13.0 Å². The van der Waals surface area contributed by atoms with Crippen LogP contribution in [0.2, 0.25) is 0 Å². The van der Waals surface area contributed by atoms with Gasteiger partial charge in [0.15, 0.2) is 5.76 Å². The number of para-hydroxylation sites is 1. The van der Waals surface area contributed by atoms with Gasteiger partial charge < -0.3 is 9.73 Å². The van der Waals surface area contributed by atoms with E-state index in [0.717, 1.165) is 32.8 Å². The zero-order valence-corrected chi connectivity index (χ0v) is 15.2. The number of nitrogens with zero attached hydrogens (tertiary/aromatic N) is 1. The highest BCUT2D eigenvalue weighted by Crippen LogP contribution is 2.25. The Morgan fingerprint density at radius 3 is 2.69 bits per heavy atom. The van der Waals surface area contributed by atoms with Gasteiger partial charge in [-0.3, -0.25) is 4.79 Å². The third-order valence-corrected chi connectivity index (χ3v) is 5.23. The molecule has 0 atom stereocenters. The van der Waals surface area contributed by atoms with E-state index in [1.54, 1.807) is 11.3 Å². The number of hydrogen-bond acceptors (Lipinski definition) is 4. The molecule has 4 aromatic rings. The van der Waals surface area contributed by atoms with Gasteiger partial charge in [-0.2, -0.15) is 0 Å². The van der Waals surface area contributed by atoms with Crippen LogP contribution in [0.5, 0.6) is 0 Å². The summed E-state index contributed by atoms with van der Waals surface area (Å²) in [5, 5.41) is 6.95. The third kappa shape index (κ3) is 3.26. The zero-order chi connectivity index (χ0) is 17.9. The van der Waals surface area contributed by atoms with Crippen LogP contribution in [-0.4, -0.2) is 17.4 Å².